The van der Waals surface area contributed by atoms with E-state index in [1.807, 2.05) is 14.1 Å². The van der Waals surface area contributed by atoms with Crippen molar-refractivity contribution in [3.05, 3.63) is 0 Å². The highest BCUT2D eigenvalue weighted by Gasteiger charge is 2.38. The Bertz CT molecular complexity index is 314. The first kappa shape index (κ1) is 15.8. The van der Waals surface area contributed by atoms with E-state index in [2.05, 4.69) is 9.80 Å². The summed E-state index contributed by atoms with van der Waals surface area (Å²) >= 11 is 0. The molecule has 4 nitrogen and oxygen atoms in total. The largest absolute Gasteiger partial charge is 0.480 e. The summed E-state index contributed by atoms with van der Waals surface area (Å²) in [5, 5.41) is 9.13. The van der Waals surface area contributed by atoms with Crippen LogP contribution in [0.25, 0.3) is 0 Å². The van der Waals surface area contributed by atoms with Gasteiger partial charge in [0.15, 0.2) is 0 Å². The van der Waals surface area contributed by atoms with Gasteiger partial charge in [-0.15, -0.1) is 0 Å². The van der Waals surface area contributed by atoms with Gasteiger partial charge in [0.1, 0.15) is 0 Å². The van der Waals surface area contributed by atoms with Gasteiger partial charge in [-0.3, -0.25) is 9.69 Å². The van der Waals surface area contributed by atoms with E-state index in [0.717, 1.165) is 13.1 Å². The molecule has 0 saturated heterocycles. The Morgan fingerprint density at radius 2 is 1.70 bits per heavy atom. The molecule has 116 valence electrons. The number of carboxylic acid groups (broad SMARTS) is 1. The lowest BCUT2D eigenvalue weighted by molar-refractivity contribution is -0.139. The Morgan fingerprint density at radius 1 is 1.10 bits per heavy atom. The molecule has 0 atom stereocenters. The minimum atomic E-state index is -0.690. The second-order valence-corrected chi connectivity index (χ2v) is 7.11. The topological polar surface area (TPSA) is 43.8 Å². The molecule has 1 spiro atoms. The van der Waals surface area contributed by atoms with Gasteiger partial charge < -0.3 is 10.0 Å². The zero-order valence-corrected chi connectivity index (χ0v) is 13.1. The van der Waals surface area contributed by atoms with Gasteiger partial charge in [-0.2, -0.15) is 0 Å². The third kappa shape index (κ3) is 4.19. The smallest absolute Gasteiger partial charge is 0.317 e. The summed E-state index contributed by atoms with van der Waals surface area (Å²) < 4.78 is 0. The Morgan fingerprint density at radius 3 is 2.20 bits per heavy atom. The lowest BCUT2D eigenvalue weighted by atomic mass is 9.71. The first-order valence-corrected chi connectivity index (χ1v) is 8.11. The summed E-state index contributed by atoms with van der Waals surface area (Å²) in [6.45, 7) is 2.01. The molecule has 2 aliphatic carbocycles. The van der Waals surface area contributed by atoms with Crippen molar-refractivity contribution in [2.75, 3.05) is 33.7 Å². The third-order valence-electron chi connectivity index (χ3n) is 5.37. The van der Waals surface area contributed by atoms with Gasteiger partial charge in [-0.1, -0.05) is 12.8 Å². The van der Waals surface area contributed by atoms with Crippen molar-refractivity contribution in [3.63, 3.8) is 0 Å². The molecule has 2 saturated carbocycles. The van der Waals surface area contributed by atoms with Crippen LogP contribution in [0.3, 0.4) is 0 Å². The molecule has 2 aliphatic rings. The van der Waals surface area contributed by atoms with Gasteiger partial charge in [0, 0.05) is 19.1 Å². The minimum Gasteiger partial charge on any atom is -0.480 e. The number of hydrogen-bond acceptors (Lipinski definition) is 3. The quantitative estimate of drug-likeness (QED) is 0.812. The Kier molecular flexibility index (Phi) is 5.44. The summed E-state index contributed by atoms with van der Waals surface area (Å²) in [5.41, 5.74) is 0.632. The third-order valence-corrected chi connectivity index (χ3v) is 5.37. The highest BCUT2D eigenvalue weighted by Crippen LogP contribution is 2.49. The van der Waals surface area contributed by atoms with Crippen LogP contribution in [0, 0.1) is 5.41 Å². The van der Waals surface area contributed by atoms with E-state index in [4.69, 9.17) is 5.11 Å². The van der Waals surface area contributed by atoms with Crippen molar-refractivity contribution >= 4 is 5.97 Å². The van der Waals surface area contributed by atoms with Gasteiger partial charge in [-0.25, -0.2) is 0 Å². The fourth-order valence-electron chi connectivity index (χ4n) is 4.10. The monoisotopic (exact) mass is 282 g/mol. The van der Waals surface area contributed by atoms with Crippen molar-refractivity contribution in [3.8, 4) is 0 Å². The van der Waals surface area contributed by atoms with E-state index in [-0.39, 0.29) is 6.54 Å². The molecule has 0 aromatic rings. The van der Waals surface area contributed by atoms with E-state index in [1.165, 1.54) is 51.4 Å². The zero-order chi connectivity index (χ0) is 14.6. The van der Waals surface area contributed by atoms with E-state index in [9.17, 15) is 4.79 Å². The van der Waals surface area contributed by atoms with Crippen molar-refractivity contribution in [2.45, 2.75) is 57.4 Å². The first-order valence-electron chi connectivity index (χ1n) is 8.11. The predicted molar refractivity (Wildman–Crippen MR) is 80.9 cm³/mol. The molecule has 2 rings (SSSR count). The fourth-order valence-corrected chi connectivity index (χ4v) is 4.10. The molecule has 0 radical (unpaired) electrons. The molecule has 4 heteroatoms. The predicted octanol–water partition coefficient (Wildman–Crippen LogP) is 2.44. The molecule has 2 fully saturated rings. The molecule has 0 aromatic carbocycles. The lowest BCUT2D eigenvalue weighted by Crippen LogP contribution is -2.45. The van der Waals surface area contributed by atoms with Crippen LogP contribution in [-0.2, 0) is 4.79 Å². The summed E-state index contributed by atoms with van der Waals surface area (Å²) in [5.74, 6) is -0.690. The average Bonchev–Trinajstić information content (AvgIpc) is 2.83. The summed E-state index contributed by atoms with van der Waals surface area (Å²) in [6.07, 6.45) is 10.7. The maximum absolute atomic E-state index is 11.1. The molecular formula is C16H30N2O2. The van der Waals surface area contributed by atoms with E-state index in [1.54, 1.807) is 0 Å². The van der Waals surface area contributed by atoms with Crippen LogP contribution in [0.5, 0.6) is 0 Å². The van der Waals surface area contributed by atoms with Crippen molar-refractivity contribution in [1.29, 1.82) is 0 Å². The van der Waals surface area contributed by atoms with E-state index in [0.29, 0.717) is 11.5 Å². The first-order chi connectivity index (χ1) is 9.51. The van der Waals surface area contributed by atoms with Gasteiger partial charge in [-0.05, 0) is 58.0 Å². The number of rotatable bonds is 6. The summed E-state index contributed by atoms with van der Waals surface area (Å²) in [7, 11) is 4.10. The molecular weight excluding hydrogens is 252 g/mol. The van der Waals surface area contributed by atoms with Crippen LogP contribution in [-0.4, -0.2) is 60.6 Å². The molecule has 0 bridgehead atoms. The Hall–Kier alpha value is -0.610. The van der Waals surface area contributed by atoms with Crippen LogP contribution in [0.15, 0.2) is 0 Å². The zero-order valence-electron chi connectivity index (χ0n) is 13.1. The molecule has 0 heterocycles. The fraction of sp³-hybridized carbons (Fsp3) is 0.938. The molecule has 0 aromatic heterocycles. The average molecular weight is 282 g/mol. The van der Waals surface area contributed by atoms with Gasteiger partial charge in [0.05, 0.1) is 6.54 Å². The maximum Gasteiger partial charge on any atom is 0.317 e. The molecule has 0 amide bonds. The Balaban J connectivity index is 1.87. The van der Waals surface area contributed by atoms with E-state index >= 15 is 0 Å². The number of hydrogen-bond donors (Lipinski definition) is 1. The number of carbonyl (C=O) groups is 1. The number of aliphatic carboxylic acids is 1. The van der Waals surface area contributed by atoms with Crippen molar-refractivity contribution in [2.24, 2.45) is 5.41 Å². The van der Waals surface area contributed by atoms with Crippen LogP contribution in [0.4, 0.5) is 0 Å². The van der Waals surface area contributed by atoms with Crippen molar-refractivity contribution in [1.82, 2.24) is 9.80 Å². The highest BCUT2D eigenvalue weighted by molar-refractivity contribution is 5.69. The Labute approximate surface area is 123 Å². The second-order valence-electron chi connectivity index (χ2n) is 7.11. The minimum absolute atomic E-state index is 0.200. The molecule has 0 unspecified atom stereocenters. The van der Waals surface area contributed by atoms with Gasteiger partial charge in [0.2, 0.25) is 0 Å². The number of carboxylic acids is 1. The van der Waals surface area contributed by atoms with E-state index < -0.39 is 5.97 Å². The van der Waals surface area contributed by atoms with Crippen LogP contribution < -0.4 is 0 Å². The summed E-state index contributed by atoms with van der Waals surface area (Å²) in [6, 6.07) is 0.484. The van der Waals surface area contributed by atoms with Crippen LogP contribution in [0.2, 0.25) is 0 Å². The lowest BCUT2D eigenvalue weighted by Gasteiger charge is -2.41. The number of nitrogens with zero attached hydrogens (tertiary/aromatic N) is 2. The standard InChI is InChI=1S/C16H30N2O2/c1-17(2)11-12-18(13-15(19)20)14-5-9-16(10-6-14)7-3-4-8-16/h14H,3-13H2,1-2H3,(H,19,20). The number of likely N-dealkylation sites (N-methyl/N-ethyl adjacent to an activating group) is 1. The molecule has 1 N–H and O–H groups in total. The molecule has 20 heavy (non-hydrogen) atoms. The normalized spacial score (nSPS) is 23.0. The van der Waals surface area contributed by atoms with Gasteiger partial charge in [0.25, 0.3) is 0 Å². The van der Waals surface area contributed by atoms with Crippen LogP contribution >= 0.6 is 0 Å². The SMILES string of the molecule is CN(C)CCN(CC(=O)O)C1CCC2(CCCC2)CC1. The van der Waals surface area contributed by atoms with Crippen LogP contribution in [0.1, 0.15) is 51.4 Å². The molecule has 0 aliphatic heterocycles. The van der Waals surface area contributed by atoms with Gasteiger partial charge >= 0.3 is 5.97 Å². The summed E-state index contributed by atoms with van der Waals surface area (Å²) in [4.78, 5) is 15.4. The second kappa shape index (κ2) is 6.90. The highest BCUT2D eigenvalue weighted by atomic mass is 16.4. The van der Waals surface area contributed by atoms with Crippen molar-refractivity contribution < 1.29 is 9.90 Å². The maximum atomic E-state index is 11.1.